The lowest BCUT2D eigenvalue weighted by atomic mass is 9.84. The van der Waals surface area contributed by atoms with Crippen molar-refractivity contribution in [1.29, 1.82) is 0 Å². The van der Waals surface area contributed by atoms with Crippen LogP contribution in [0, 0.1) is 6.92 Å². The Morgan fingerprint density at radius 3 is 2.47 bits per heavy atom. The zero-order chi connectivity index (χ0) is 12.5. The summed E-state index contributed by atoms with van der Waals surface area (Å²) in [4.78, 5) is 18.8. The normalized spacial score (nSPS) is 11.5. The molecule has 0 radical (unpaired) electrons. The molecule has 2 heterocycles. The second kappa shape index (κ2) is 4.17. The first-order valence-electron chi connectivity index (χ1n) is 5.64. The van der Waals surface area contributed by atoms with Crippen LogP contribution in [0.4, 0.5) is 0 Å². The molecule has 1 N–H and O–H groups in total. The van der Waals surface area contributed by atoms with E-state index < -0.39 is 0 Å². The fourth-order valence-electron chi connectivity index (χ4n) is 1.84. The molecule has 0 aliphatic rings. The Balaban J connectivity index is 2.53. The van der Waals surface area contributed by atoms with Crippen LogP contribution < -0.4 is 5.56 Å². The van der Waals surface area contributed by atoms with E-state index in [0.717, 1.165) is 17.1 Å². The minimum Gasteiger partial charge on any atom is -0.325 e. The van der Waals surface area contributed by atoms with Crippen LogP contribution in [0.5, 0.6) is 0 Å². The van der Waals surface area contributed by atoms with E-state index in [2.05, 4.69) is 23.8 Å². The Morgan fingerprint density at radius 1 is 1.12 bits per heavy atom. The van der Waals surface area contributed by atoms with Gasteiger partial charge in [0.25, 0.3) is 0 Å². The monoisotopic (exact) mass is 228 g/mol. The minimum absolute atomic E-state index is 0.0803. The summed E-state index contributed by atoms with van der Waals surface area (Å²) in [5.41, 5.74) is 2.44. The highest BCUT2D eigenvalue weighted by Crippen LogP contribution is 2.27. The molecule has 2 aromatic rings. The van der Waals surface area contributed by atoms with Crippen LogP contribution in [0.25, 0.3) is 0 Å². The fraction of sp³-hybridized carbons (Fsp3) is 0.286. The molecule has 0 aliphatic heterocycles. The summed E-state index contributed by atoms with van der Waals surface area (Å²) in [5.74, 6) is 0. The first-order chi connectivity index (χ1) is 8.00. The fourth-order valence-corrected chi connectivity index (χ4v) is 1.84. The molecule has 0 unspecified atom stereocenters. The van der Waals surface area contributed by atoms with E-state index in [1.54, 1.807) is 6.07 Å². The summed E-state index contributed by atoms with van der Waals surface area (Å²) in [6, 6.07) is 11.1. The van der Waals surface area contributed by atoms with E-state index >= 15 is 0 Å². The minimum atomic E-state index is -0.299. The van der Waals surface area contributed by atoms with Crippen LogP contribution >= 0.6 is 0 Å². The van der Waals surface area contributed by atoms with Crippen LogP contribution in [0.1, 0.15) is 30.9 Å². The molecule has 0 atom stereocenters. The van der Waals surface area contributed by atoms with Gasteiger partial charge in [0, 0.05) is 22.9 Å². The van der Waals surface area contributed by atoms with Gasteiger partial charge >= 0.3 is 0 Å². The summed E-state index contributed by atoms with van der Waals surface area (Å²) in [6.45, 7) is 6.08. The molecule has 0 saturated heterocycles. The van der Waals surface area contributed by atoms with Crippen molar-refractivity contribution in [2.24, 2.45) is 0 Å². The van der Waals surface area contributed by atoms with Gasteiger partial charge in [-0.1, -0.05) is 12.1 Å². The second-order valence-electron chi connectivity index (χ2n) is 4.72. The van der Waals surface area contributed by atoms with Gasteiger partial charge in [-0.15, -0.1) is 0 Å². The molecule has 3 nitrogen and oxygen atoms in total. The van der Waals surface area contributed by atoms with E-state index in [1.807, 2.05) is 31.2 Å². The van der Waals surface area contributed by atoms with Crippen molar-refractivity contribution in [3.63, 3.8) is 0 Å². The Morgan fingerprint density at radius 2 is 1.82 bits per heavy atom. The third-order valence-electron chi connectivity index (χ3n) is 2.97. The summed E-state index contributed by atoms with van der Waals surface area (Å²) < 4.78 is 0. The van der Waals surface area contributed by atoms with Crippen LogP contribution in [0.15, 0.2) is 41.2 Å². The van der Waals surface area contributed by atoms with Crippen molar-refractivity contribution in [3.05, 3.63) is 63.8 Å². The quantitative estimate of drug-likeness (QED) is 0.858. The maximum absolute atomic E-state index is 11.4. The van der Waals surface area contributed by atoms with Gasteiger partial charge in [-0.05, 0) is 39.0 Å². The van der Waals surface area contributed by atoms with Crippen molar-refractivity contribution in [2.45, 2.75) is 26.2 Å². The highest BCUT2D eigenvalue weighted by Gasteiger charge is 2.25. The van der Waals surface area contributed by atoms with Crippen LogP contribution in [-0.2, 0) is 5.41 Å². The predicted octanol–water partition coefficient (Wildman–Crippen LogP) is 2.40. The first-order valence-corrected chi connectivity index (χ1v) is 5.64. The lowest BCUT2D eigenvalue weighted by Gasteiger charge is -2.24. The third-order valence-corrected chi connectivity index (χ3v) is 2.97. The third kappa shape index (κ3) is 2.28. The van der Waals surface area contributed by atoms with Crippen molar-refractivity contribution < 1.29 is 0 Å². The van der Waals surface area contributed by atoms with Gasteiger partial charge in [0.1, 0.15) is 0 Å². The summed E-state index contributed by atoms with van der Waals surface area (Å²) in [5, 5.41) is 0. The number of aryl methyl sites for hydroxylation is 1. The lowest BCUT2D eigenvalue weighted by Crippen LogP contribution is -2.25. The average Bonchev–Trinajstić information content (AvgIpc) is 2.29. The molecule has 0 saturated carbocycles. The molecule has 0 bridgehead atoms. The van der Waals surface area contributed by atoms with Gasteiger partial charge in [-0.25, -0.2) is 0 Å². The van der Waals surface area contributed by atoms with Gasteiger partial charge in [-0.3, -0.25) is 9.78 Å². The summed E-state index contributed by atoms with van der Waals surface area (Å²) in [6.07, 6.45) is 0. The molecular weight excluding hydrogens is 212 g/mol. The highest BCUT2D eigenvalue weighted by molar-refractivity contribution is 5.29. The van der Waals surface area contributed by atoms with Crippen molar-refractivity contribution >= 4 is 0 Å². The van der Waals surface area contributed by atoms with Gasteiger partial charge in [0.05, 0.1) is 5.69 Å². The standard InChI is InChI=1S/C14H16N2O/c1-10-6-4-7-11(15-10)14(2,3)12-8-5-9-13(17)16-12/h4-9H,1-3H3,(H,16,17). The maximum atomic E-state index is 11.4. The van der Waals surface area contributed by atoms with Crippen LogP contribution in [0.3, 0.4) is 0 Å². The average molecular weight is 228 g/mol. The Kier molecular flexibility index (Phi) is 2.84. The Hall–Kier alpha value is -1.90. The molecule has 0 aliphatic carbocycles. The first kappa shape index (κ1) is 11.6. The Labute approximate surface area is 101 Å². The molecule has 3 heteroatoms. The maximum Gasteiger partial charge on any atom is 0.248 e. The molecule has 0 amide bonds. The summed E-state index contributed by atoms with van der Waals surface area (Å²) in [7, 11) is 0. The smallest absolute Gasteiger partial charge is 0.248 e. The molecule has 17 heavy (non-hydrogen) atoms. The van der Waals surface area contributed by atoms with Crippen molar-refractivity contribution in [1.82, 2.24) is 9.97 Å². The lowest BCUT2D eigenvalue weighted by molar-refractivity contribution is 0.591. The number of nitrogens with one attached hydrogen (secondary N) is 1. The zero-order valence-corrected chi connectivity index (χ0v) is 10.3. The van der Waals surface area contributed by atoms with E-state index in [0.29, 0.717) is 0 Å². The van der Waals surface area contributed by atoms with E-state index in [1.165, 1.54) is 6.07 Å². The summed E-state index contributed by atoms with van der Waals surface area (Å²) >= 11 is 0. The van der Waals surface area contributed by atoms with E-state index in [4.69, 9.17) is 0 Å². The molecular formula is C14H16N2O. The molecule has 0 fully saturated rings. The number of hydrogen-bond donors (Lipinski definition) is 1. The molecule has 2 aromatic heterocycles. The number of H-pyrrole nitrogens is 1. The Bertz CT molecular complexity index is 585. The van der Waals surface area contributed by atoms with E-state index in [-0.39, 0.29) is 11.0 Å². The van der Waals surface area contributed by atoms with Gasteiger partial charge in [-0.2, -0.15) is 0 Å². The number of aromatic nitrogens is 2. The predicted molar refractivity (Wildman–Crippen MR) is 68.2 cm³/mol. The number of pyridine rings is 2. The number of aromatic amines is 1. The van der Waals surface area contributed by atoms with Gasteiger partial charge < -0.3 is 4.98 Å². The molecule has 2 rings (SSSR count). The number of nitrogens with zero attached hydrogens (tertiary/aromatic N) is 1. The van der Waals surface area contributed by atoms with Gasteiger partial charge in [0.15, 0.2) is 0 Å². The van der Waals surface area contributed by atoms with Crippen LogP contribution in [-0.4, -0.2) is 9.97 Å². The van der Waals surface area contributed by atoms with Crippen molar-refractivity contribution in [2.75, 3.05) is 0 Å². The van der Waals surface area contributed by atoms with Gasteiger partial charge in [0.2, 0.25) is 5.56 Å². The largest absolute Gasteiger partial charge is 0.325 e. The highest BCUT2D eigenvalue weighted by atomic mass is 16.1. The molecule has 0 aromatic carbocycles. The second-order valence-corrected chi connectivity index (χ2v) is 4.72. The van der Waals surface area contributed by atoms with Crippen LogP contribution in [0.2, 0.25) is 0 Å². The van der Waals surface area contributed by atoms with E-state index in [9.17, 15) is 4.79 Å². The number of hydrogen-bond acceptors (Lipinski definition) is 2. The number of rotatable bonds is 2. The SMILES string of the molecule is Cc1cccc(C(C)(C)c2cccc(=O)[nH]2)n1. The molecule has 0 spiro atoms. The molecule has 88 valence electrons. The topological polar surface area (TPSA) is 45.8 Å². The zero-order valence-electron chi connectivity index (χ0n) is 10.3. The van der Waals surface area contributed by atoms with Crippen molar-refractivity contribution in [3.8, 4) is 0 Å².